The zero-order valence-corrected chi connectivity index (χ0v) is 17.0. The Balaban J connectivity index is 1.48. The van der Waals surface area contributed by atoms with Crippen molar-refractivity contribution in [1.82, 2.24) is 15.1 Å². The maximum atomic E-state index is 13.1. The lowest BCUT2D eigenvalue weighted by Crippen LogP contribution is -2.51. The molecule has 2 heterocycles. The van der Waals surface area contributed by atoms with Crippen molar-refractivity contribution in [3.8, 4) is 0 Å². The molecule has 2 aromatic carbocycles. The molecule has 6 heteroatoms. The van der Waals surface area contributed by atoms with Crippen LogP contribution in [-0.4, -0.2) is 60.9 Å². The molecular weight excluding hydrogens is 366 g/mol. The van der Waals surface area contributed by atoms with Gasteiger partial charge in [-0.25, -0.2) is 0 Å². The second-order valence-corrected chi connectivity index (χ2v) is 7.64. The number of nitrogens with zero attached hydrogens (tertiary/aromatic N) is 2. The highest BCUT2D eigenvalue weighted by atomic mass is 16.3. The summed E-state index contributed by atoms with van der Waals surface area (Å²) >= 11 is 0. The van der Waals surface area contributed by atoms with E-state index < -0.39 is 0 Å². The van der Waals surface area contributed by atoms with E-state index in [1.165, 1.54) is 0 Å². The largest absolute Gasteiger partial charge is 0.450 e. The molecule has 29 heavy (non-hydrogen) atoms. The number of hydrogen-bond donors (Lipinski definition) is 1. The second-order valence-electron chi connectivity index (χ2n) is 7.64. The maximum absolute atomic E-state index is 13.1. The fourth-order valence-corrected chi connectivity index (χ4v) is 3.93. The summed E-state index contributed by atoms with van der Waals surface area (Å²) in [4.78, 5) is 29.0. The van der Waals surface area contributed by atoms with Crippen LogP contribution in [0.4, 0.5) is 0 Å². The number of carbonyl (C=O) groups excluding carboxylic acids is 2. The van der Waals surface area contributed by atoms with E-state index in [4.69, 9.17) is 4.42 Å². The van der Waals surface area contributed by atoms with Crippen molar-refractivity contribution in [2.45, 2.75) is 20.3 Å². The quantitative estimate of drug-likeness (QED) is 0.723. The predicted molar refractivity (Wildman–Crippen MR) is 114 cm³/mol. The smallest absolute Gasteiger partial charge is 0.289 e. The van der Waals surface area contributed by atoms with E-state index in [9.17, 15) is 9.59 Å². The Bertz CT molecular complexity index is 1050. The number of amides is 2. The fourth-order valence-electron chi connectivity index (χ4n) is 3.93. The lowest BCUT2D eigenvalue weighted by Gasteiger charge is -2.33. The van der Waals surface area contributed by atoms with E-state index in [0.29, 0.717) is 45.0 Å². The average Bonchev–Trinajstić information content (AvgIpc) is 3.09. The van der Waals surface area contributed by atoms with Crippen LogP contribution >= 0.6 is 0 Å². The van der Waals surface area contributed by atoms with Gasteiger partial charge in [0.1, 0.15) is 5.58 Å². The Morgan fingerprint density at radius 3 is 2.55 bits per heavy atom. The number of furan rings is 1. The standard InChI is InChI=1S/C23H27N3O3/c1-3-10-24-20(27)15-25-11-13-26(14-12-25)23(28)21-16(2)18-9-8-17-6-4-5-7-19(17)22(18)29-21/h4-9H,3,10-15H2,1-2H3,(H,24,27). The molecule has 6 nitrogen and oxygen atoms in total. The molecule has 1 N–H and O–H groups in total. The van der Waals surface area contributed by atoms with Gasteiger partial charge in [-0.3, -0.25) is 14.5 Å². The first-order valence-electron chi connectivity index (χ1n) is 10.3. The highest BCUT2D eigenvalue weighted by Crippen LogP contribution is 2.32. The van der Waals surface area contributed by atoms with Crippen LogP contribution in [0.15, 0.2) is 40.8 Å². The molecule has 1 aliphatic heterocycles. The first-order chi connectivity index (χ1) is 14.1. The van der Waals surface area contributed by atoms with Crippen LogP contribution < -0.4 is 5.32 Å². The molecule has 1 aliphatic rings. The van der Waals surface area contributed by atoms with Gasteiger partial charge in [-0.05, 0) is 18.7 Å². The lowest BCUT2D eigenvalue weighted by atomic mass is 10.1. The van der Waals surface area contributed by atoms with Gasteiger partial charge >= 0.3 is 0 Å². The van der Waals surface area contributed by atoms with Crippen LogP contribution in [0.5, 0.6) is 0 Å². The average molecular weight is 393 g/mol. The van der Waals surface area contributed by atoms with E-state index in [0.717, 1.165) is 33.7 Å². The molecule has 0 radical (unpaired) electrons. The van der Waals surface area contributed by atoms with Crippen LogP contribution in [-0.2, 0) is 4.79 Å². The van der Waals surface area contributed by atoms with Crippen LogP contribution in [0.3, 0.4) is 0 Å². The lowest BCUT2D eigenvalue weighted by molar-refractivity contribution is -0.122. The molecule has 0 atom stereocenters. The van der Waals surface area contributed by atoms with Crippen molar-refractivity contribution >= 4 is 33.6 Å². The summed E-state index contributed by atoms with van der Waals surface area (Å²) in [5, 5.41) is 6.01. The van der Waals surface area contributed by atoms with Crippen molar-refractivity contribution in [2.75, 3.05) is 39.3 Å². The maximum Gasteiger partial charge on any atom is 0.289 e. The Kier molecular flexibility index (Phi) is 5.53. The number of aryl methyl sites for hydroxylation is 1. The van der Waals surface area contributed by atoms with Crippen molar-refractivity contribution < 1.29 is 14.0 Å². The van der Waals surface area contributed by atoms with Gasteiger partial charge in [-0.15, -0.1) is 0 Å². The molecule has 4 rings (SSSR count). The number of rotatable bonds is 5. The van der Waals surface area contributed by atoms with E-state index in [-0.39, 0.29) is 11.8 Å². The molecular formula is C23H27N3O3. The van der Waals surface area contributed by atoms with Crippen LogP contribution in [0, 0.1) is 6.92 Å². The van der Waals surface area contributed by atoms with Gasteiger partial charge in [0.25, 0.3) is 5.91 Å². The molecule has 0 bridgehead atoms. The summed E-state index contributed by atoms with van der Waals surface area (Å²) in [5.41, 5.74) is 1.66. The van der Waals surface area contributed by atoms with Gasteiger partial charge in [0.15, 0.2) is 5.76 Å². The van der Waals surface area contributed by atoms with Gasteiger partial charge in [-0.1, -0.05) is 43.3 Å². The minimum Gasteiger partial charge on any atom is -0.450 e. The van der Waals surface area contributed by atoms with Gasteiger partial charge in [-0.2, -0.15) is 0 Å². The summed E-state index contributed by atoms with van der Waals surface area (Å²) in [6.07, 6.45) is 0.931. The van der Waals surface area contributed by atoms with Crippen molar-refractivity contribution in [3.05, 3.63) is 47.7 Å². The third kappa shape index (κ3) is 3.85. The normalized spacial score (nSPS) is 15.2. The number of fused-ring (bicyclic) bond motifs is 3. The van der Waals surface area contributed by atoms with E-state index in [2.05, 4.69) is 16.3 Å². The van der Waals surface area contributed by atoms with Gasteiger partial charge in [0, 0.05) is 49.1 Å². The molecule has 152 valence electrons. The monoisotopic (exact) mass is 393 g/mol. The van der Waals surface area contributed by atoms with Crippen LogP contribution in [0.2, 0.25) is 0 Å². The van der Waals surface area contributed by atoms with Crippen molar-refractivity contribution in [3.63, 3.8) is 0 Å². The topological polar surface area (TPSA) is 65.8 Å². The molecule has 2 amide bonds. The van der Waals surface area contributed by atoms with Crippen LogP contribution in [0.25, 0.3) is 21.7 Å². The Labute approximate surface area is 170 Å². The number of hydrogen-bond acceptors (Lipinski definition) is 4. The Morgan fingerprint density at radius 2 is 1.79 bits per heavy atom. The summed E-state index contributed by atoms with van der Waals surface area (Å²) in [5.74, 6) is 0.398. The zero-order chi connectivity index (χ0) is 20.4. The third-order valence-corrected chi connectivity index (χ3v) is 5.62. The first-order valence-corrected chi connectivity index (χ1v) is 10.3. The number of piperazine rings is 1. The van der Waals surface area contributed by atoms with Gasteiger partial charge in [0.2, 0.25) is 5.91 Å². The zero-order valence-electron chi connectivity index (χ0n) is 17.0. The van der Waals surface area contributed by atoms with Crippen LogP contribution in [0.1, 0.15) is 29.5 Å². The highest BCUT2D eigenvalue weighted by Gasteiger charge is 2.27. The third-order valence-electron chi connectivity index (χ3n) is 5.62. The Morgan fingerprint density at radius 1 is 1.03 bits per heavy atom. The van der Waals surface area contributed by atoms with E-state index in [1.54, 1.807) is 0 Å². The van der Waals surface area contributed by atoms with Gasteiger partial charge in [0.05, 0.1) is 6.54 Å². The first kappa shape index (κ1) is 19.5. The molecule has 0 saturated carbocycles. The van der Waals surface area contributed by atoms with E-state index >= 15 is 0 Å². The predicted octanol–water partition coefficient (Wildman–Crippen LogP) is 3.18. The SMILES string of the molecule is CCCNC(=O)CN1CCN(C(=O)c2oc3c(ccc4ccccc43)c2C)CC1. The number of carbonyl (C=O) groups is 2. The molecule has 0 spiro atoms. The molecule has 1 aromatic heterocycles. The minimum absolute atomic E-state index is 0.0478. The molecule has 1 fully saturated rings. The molecule has 3 aromatic rings. The number of nitrogens with one attached hydrogen (secondary N) is 1. The summed E-state index contributed by atoms with van der Waals surface area (Å²) < 4.78 is 6.09. The van der Waals surface area contributed by atoms with Gasteiger partial charge < -0.3 is 14.6 Å². The summed E-state index contributed by atoms with van der Waals surface area (Å²) in [7, 11) is 0. The molecule has 1 saturated heterocycles. The molecule has 0 unspecified atom stereocenters. The Hall–Kier alpha value is -2.86. The second kappa shape index (κ2) is 8.25. The fraction of sp³-hybridized carbons (Fsp3) is 0.391. The van der Waals surface area contributed by atoms with Crippen molar-refractivity contribution in [2.24, 2.45) is 0 Å². The highest BCUT2D eigenvalue weighted by molar-refractivity contribution is 6.08. The summed E-state index contributed by atoms with van der Waals surface area (Å²) in [6.45, 7) is 7.64. The van der Waals surface area contributed by atoms with Crippen molar-refractivity contribution in [1.29, 1.82) is 0 Å². The minimum atomic E-state index is -0.0714. The molecule has 0 aliphatic carbocycles. The van der Waals surface area contributed by atoms with E-state index in [1.807, 2.05) is 49.1 Å². The summed E-state index contributed by atoms with van der Waals surface area (Å²) in [6, 6.07) is 12.1. The number of benzene rings is 2.